The number of rotatable bonds is 4. The first-order chi connectivity index (χ1) is 9.19. The van der Waals surface area contributed by atoms with Crippen LogP contribution < -0.4 is 5.32 Å². The lowest BCUT2D eigenvalue weighted by atomic mass is 10.1. The number of aryl methyl sites for hydroxylation is 1. The summed E-state index contributed by atoms with van der Waals surface area (Å²) in [4.78, 5) is 16.4. The molecule has 19 heavy (non-hydrogen) atoms. The van der Waals surface area contributed by atoms with Gasteiger partial charge >= 0.3 is 0 Å². The summed E-state index contributed by atoms with van der Waals surface area (Å²) >= 11 is 5.96. The molecule has 1 aromatic heterocycles. The molecule has 0 saturated carbocycles. The first kappa shape index (κ1) is 14.3. The number of ether oxygens (including phenoxy) is 1. The molecule has 0 radical (unpaired) electrons. The van der Waals surface area contributed by atoms with E-state index >= 15 is 0 Å². The number of nitrogens with one attached hydrogen (secondary N) is 1. The lowest BCUT2D eigenvalue weighted by Crippen LogP contribution is -2.40. The first-order valence-electron chi connectivity index (χ1n) is 6.74. The van der Waals surface area contributed by atoms with Crippen molar-refractivity contribution in [2.24, 2.45) is 0 Å². The molecule has 104 valence electrons. The van der Waals surface area contributed by atoms with E-state index in [2.05, 4.69) is 17.2 Å². The van der Waals surface area contributed by atoms with Crippen molar-refractivity contribution in [3.63, 3.8) is 0 Å². The van der Waals surface area contributed by atoms with Crippen molar-refractivity contribution < 1.29 is 9.53 Å². The summed E-state index contributed by atoms with van der Waals surface area (Å²) in [6.07, 6.45) is 3.76. The summed E-state index contributed by atoms with van der Waals surface area (Å²) in [6.45, 7) is 3.45. The number of halogens is 1. The van der Waals surface area contributed by atoms with E-state index in [4.69, 9.17) is 16.3 Å². The smallest absolute Gasteiger partial charge is 0.251 e. The molecule has 5 heteroatoms. The Kier molecular flexibility index (Phi) is 5.16. The Labute approximate surface area is 118 Å². The van der Waals surface area contributed by atoms with Crippen LogP contribution in [-0.4, -0.2) is 30.1 Å². The minimum atomic E-state index is -0.0999. The molecule has 1 fully saturated rings. The second kappa shape index (κ2) is 6.87. The number of amides is 1. The largest absolute Gasteiger partial charge is 0.379 e. The predicted molar refractivity (Wildman–Crippen MR) is 74.5 cm³/mol. The summed E-state index contributed by atoms with van der Waals surface area (Å²) in [6, 6.07) is 3.52. The average Bonchev–Trinajstić information content (AvgIpc) is 2.39. The summed E-state index contributed by atoms with van der Waals surface area (Å²) in [5.41, 5.74) is 1.44. The Hall–Kier alpha value is -1.13. The molecule has 0 aliphatic carbocycles. The minimum Gasteiger partial charge on any atom is -0.379 e. The number of hydrogen-bond acceptors (Lipinski definition) is 3. The SMILES string of the molecule is CCCc1cc(C(=O)NC2CCCOC2)cc(Cl)n1. The van der Waals surface area contributed by atoms with Crippen molar-refractivity contribution in [3.05, 3.63) is 28.5 Å². The Balaban J connectivity index is 2.05. The van der Waals surface area contributed by atoms with Gasteiger partial charge in [-0.25, -0.2) is 4.98 Å². The van der Waals surface area contributed by atoms with E-state index in [0.29, 0.717) is 17.3 Å². The van der Waals surface area contributed by atoms with Crippen LogP contribution in [0.1, 0.15) is 42.2 Å². The average molecular weight is 283 g/mol. The highest BCUT2D eigenvalue weighted by molar-refractivity contribution is 6.29. The van der Waals surface area contributed by atoms with Crippen LogP contribution >= 0.6 is 11.6 Å². The third-order valence-electron chi connectivity index (χ3n) is 3.11. The zero-order valence-corrected chi connectivity index (χ0v) is 11.9. The quantitative estimate of drug-likeness (QED) is 0.864. The molecular formula is C14H19ClN2O2. The molecule has 2 rings (SSSR count). The standard InChI is InChI=1S/C14H19ClN2O2/c1-2-4-11-7-10(8-13(15)16-11)14(18)17-12-5-3-6-19-9-12/h7-8,12H,2-6,9H2,1H3,(H,17,18). The van der Waals surface area contributed by atoms with Crippen LogP contribution in [-0.2, 0) is 11.2 Å². The molecule has 1 aromatic rings. The van der Waals surface area contributed by atoms with Crippen LogP contribution in [0.2, 0.25) is 5.15 Å². The molecule has 2 heterocycles. The first-order valence-corrected chi connectivity index (χ1v) is 7.12. The molecule has 1 atom stereocenters. The van der Waals surface area contributed by atoms with Gasteiger partial charge in [-0.15, -0.1) is 0 Å². The lowest BCUT2D eigenvalue weighted by molar-refractivity contribution is 0.0624. The molecular weight excluding hydrogens is 264 g/mol. The van der Waals surface area contributed by atoms with Gasteiger partial charge in [-0.05, 0) is 31.4 Å². The summed E-state index contributed by atoms with van der Waals surface area (Å²) in [5, 5.41) is 3.35. The zero-order chi connectivity index (χ0) is 13.7. The number of carbonyl (C=O) groups is 1. The van der Waals surface area contributed by atoms with Gasteiger partial charge in [0.15, 0.2) is 0 Å². The molecule has 0 aromatic carbocycles. The van der Waals surface area contributed by atoms with Crippen molar-refractivity contribution >= 4 is 17.5 Å². The highest BCUT2D eigenvalue weighted by Gasteiger charge is 2.17. The third-order valence-corrected chi connectivity index (χ3v) is 3.30. The van der Waals surface area contributed by atoms with Crippen molar-refractivity contribution in [3.8, 4) is 0 Å². The van der Waals surface area contributed by atoms with Crippen LogP contribution in [0.5, 0.6) is 0 Å². The van der Waals surface area contributed by atoms with Gasteiger partial charge in [0.25, 0.3) is 5.91 Å². The third kappa shape index (κ3) is 4.18. The van der Waals surface area contributed by atoms with Crippen LogP contribution in [0, 0.1) is 0 Å². The topological polar surface area (TPSA) is 51.2 Å². The van der Waals surface area contributed by atoms with Gasteiger partial charge < -0.3 is 10.1 Å². The van der Waals surface area contributed by atoms with Crippen LogP contribution in [0.15, 0.2) is 12.1 Å². The molecule has 1 unspecified atom stereocenters. The molecule has 4 nitrogen and oxygen atoms in total. The molecule has 1 amide bonds. The van der Waals surface area contributed by atoms with Gasteiger partial charge in [-0.2, -0.15) is 0 Å². The highest BCUT2D eigenvalue weighted by Crippen LogP contribution is 2.13. The van der Waals surface area contributed by atoms with Gasteiger partial charge in [0.05, 0.1) is 12.6 Å². The van der Waals surface area contributed by atoms with Crippen LogP contribution in [0.3, 0.4) is 0 Å². The van der Waals surface area contributed by atoms with Gasteiger partial charge in [-0.1, -0.05) is 24.9 Å². The molecule has 1 aliphatic heterocycles. The van der Waals surface area contributed by atoms with Crippen molar-refractivity contribution in [1.82, 2.24) is 10.3 Å². The van der Waals surface area contributed by atoms with Crippen LogP contribution in [0.25, 0.3) is 0 Å². The Bertz CT molecular complexity index is 445. The summed E-state index contributed by atoms with van der Waals surface area (Å²) in [7, 11) is 0. The molecule has 1 saturated heterocycles. The Morgan fingerprint density at radius 1 is 1.58 bits per heavy atom. The van der Waals surface area contributed by atoms with E-state index in [9.17, 15) is 4.79 Å². The number of aromatic nitrogens is 1. The molecule has 0 bridgehead atoms. The normalized spacial score (nSPS) is 19.2. The van der Waals surface area contributed by atoms with Gasteiger partial charge in [-0.3, -0.25) is 4.79 Å². The second-order valence-corrected chi connectivity index (χ2v) is 5.19. The number of nitrogens with zero attached hydrogens (tertiary/aromatic N) is 1. The number of hydrogen-bond donors (Lipinski definition) is 1. The zero-order valence-electron chi connectivity index (χ0n) is 11.1. The fraction of sp³-hybridized carbons (Fsp3) is 0.571. The molecule has 1 N–H and O–H groups in total. The maximum absolute atomic E-state index is 12.2. The minimum absolute atomic E-state index is 0.0998. The highest BCUT2D eigenvalue weighted by atomic mass is 35.5. The predicted octanol–water partition coefficient (Wildman–Crippen LogP) is 2.60. The Morgan fingerprint density at radius 2 is 2.42 bits per heavy atom. The van der Waals surface area contributed by atoms with E-state index in [1.807, 2.05) is 6.07 Å². The van der Waals surface area contributed by atoms with Crippen molar-refractivity contribution in [1.29, 1.82) is 0 Å². The number of pyridine rings is 1. The Morgan fingerprint density at radius 3 is 3.11 bits per heavy atom. The van der Waals surface area contributed by atoms with Crippen LogP contribution in [0.4, 0.5) is 0 Å². The van der Waals surface area contributed by atoms with Gasteiger partial charge in [0.1, 0.15) is 5.15 Å². The van der Waals surface area contributed by atoms with E-state index in [-0.39, 0.29) is 11.9 Å². The van der Waals surface area contributed by atoms with E-state index < -0.39 is 0 Å². The van der Waals surface area contributed by atoms with Gasteiger partial charge in [0.2, 0.25) is 0 Å². The van der Waals surface area contributed by atoms with E-state index in [1.54, 1.807) is 6.07 Å². The second-order valence-electron chi connectivity index (χ2n) is 4.81. The maximum atomic E-state index is 12.2. The van der Waals surface area contributed by atoms with Crippen molar-refractivity contribution in [2.45, 2.75) is 38.6 Å². The molecule has 0 spiro atoms. The molecule has 1 aliphatic rings. The lowest BCUT2D eigenvalue weighted by Gasteiger charge is -2.23. The fourth-order valence-electron chi connectivity index (χ4n) is 2.19. The fourth-order valence-corrected chi connectivity index (χ4v) is 2.42. The summed E-state index contributed by atoms with van der Waals surface area (Å²) in [5.74, 6) is -0.0999. The monoisotopic (exact) mass is 282 g/mol. The van der Waals surface area contributed by atoms with E-state index in [0.717, 1.165) is 38.0 Å². The summed E-state index contributed by atoms with van der Waals surface area (Å²) < 4.78 is 5.35. The maximum Gasteiger partial charge on any atom is 0.251 e. The van der Waals surface area contributed by atoms with Crippen molar-refractivity contribution in [2.75, 3.05) is 13.2 Å². The van der Waals surface area contributed by atoms with E-state index in [1.165, 1.54) is 0 Å². The van der Waals surface area contributed by atoms with Gasteiger partial charge in [0, 0.05) is 17.9 Å². The number of carbonyl (C=O) groups excluding carboxylic acids is 1.